The van der Waals surface area contributed by atoms with Gasteiger partial charge < -0.3 is 15.5 Å². The molecule has 2 aromatic rings. The van der Waals surface area contributed by atoms with Crippen LogP contribution in [-0.4, -0.2) is 24.9 Å². The van der Waals surface area contributed by atoms with Crippen LogP contribution in [0.25, 0.3) is 0 Å². The minimum absolute atomic E-state index is 0.0979. The first-order valence-electron chi connectivity index (χ1n) is 10.3. The summed E-state index contributed by atoms with van der Waals surface area (Å²) in [4.78, 5) is 26.4. The lowest BCUT2D eigenvalue weighted by molar-refractivity contribution is -0.137. The van der Waals surface area contributed by atoms with Crippen LogP contribution in [0, 0.1) is 0 Å². The number of amides is 2. The largest absolute Gasteiger partial charge is 0.416 e. The topological polar surface area (TPSA) is 61.4 Å². The molecule has 0 aromatic heterocycles. The van der Waals surface area contributed by atoms with Gasteiger partial charge in [0.05, 0.1) is 29.4 Å². The van der Waals surface area contributed by atoms with Gasteiger partial charge in [-0.15, -0.1) is 0 Å². The molecule has 3 rings (SSSR count). The van der Waals surface area contributed by atoms with Gasteiger partial charge in [0.15, 0.2) is 0 Å². The van der Waals surface area contributed by atoms with E-state index in [9.17, 15) is 22.8 Å². The number of carbonyl (C=O) groups is 2. The molecular weight excluding hydrogens is 407 g/mol. The summed E-state index contributed by atoms with van der Waals surface area (Å²) >= 11 is 0. The predicted molar refractivity (Wildman–Crippen MR) is 114 cm³/mol. The van der Waals surface area contributed by atoms with Crippen molar-refractivity contribution in [3.05, 3.63) is 59.7 Å². The van der Waals surface area contributed by atoms with Crippen molar-refractivity contribution >= 4 is 23.2 Å². The highest BCUT2D eigenvalue weighted by molar-refractivity contribution is 5.95. The highest BCUT2D eigenvalue weighted by Crippen LogP contribution is 2.36. The molecule has 2 amide bonds. The van der Waals surface area contributed by atoms with Crippen molar-refractivity contribution < 1.29 is 22.8 Å². The summed E-state index contributed by atoms with van der Waals surface area (Å²) in [5, 5.41) is 5.40. The lowest BCUT2D eigenvalue weighted by atomic mass is 10.0. The van der Waals surface area contributed by atoms with E-state index in [4.69, 9.17) is 0 Å². The molecule has 0 aliphatic carbocycles. The molecule has 5 nitrogen and oxygen atoms in total. The second-order valence-corrected chi connectivity index (χ2v) is 7.69. The predicted octanol–water partition coefficient (Wildman–Crippen LogP) is 4.90. The molecule has 0 unspecified atom stereocenters. The summed E-state index contributed by atoms with van der Waals surface area (Å²) in [5.74, 6) is -0.769. The zero-order valence-corrected chi connectivity index (χ0v) is 17.3. The lowest BCUT2D eigenvalue weighted by Gasteiger charge is -2.31. The van der Waals surface area contributed by atoms with Crippen LogP contribution in [0.4, 0.5) is 24.5 Å². The molecular formula is C23H26F3N3O2. The van der Waals surface area contributed by atoms with Gasteiger partial charge in [0.1, 0.15) is 0 Å². The highest BCUT2D eigenvalue weighted by Gasteiger charge is 2.32. The third kappa shape index (κ3) is 6.23. The van der Waals surface area contributed by atoms with Crippen LogP contribution in [0.15, 0.2) is 48.5 Å². The first-order chi connectivity index (χ1) is 14.7. The summed E-state index contributed by atoms with van der Waals surface area (Å²) in [7, 11) is 0. The fourth-order valence-corrected chi connectivity index (χ4v) is 3.79. The molecule has 2 N–H and O–H groups in total. The molecule has 0 saturated carbocycles. The molecule has 2 aromatic carbocycles. The maximum Gasteiger partial charge on any atom is 0.416 e. The van der Waals surface area contributed by atoms with Gasteiger partial charge in [-0.1, -0.05) is 30.3 Å². The van der Waals surface area contributed by atoms with Crippen molar-refractivity contribution in [3.63, 3.8) is 0 Å². The van der Waals surface area contributed by atoms with Crippen LogP contribution in [0.2, 0.25) is 0 Å². The van der Waals surface area contributed by atoms with Gasteiger partial charge in [-0.25, -0.2) is 0 Å². The minimum atomic E-state index is -4.51. The van der Waals surface area contributed by atoms with Crippen LogP contribution < -0.4 is 15.5 Å². The van der Waals surface area contributed by atoms with E-state index in [-0.39, 0.29) is 18.0 Å². The quantitative estimate of drug-likeness (QED) is 0.681. The van der Waals surface area contributed by atoms with Gasteiger partial charge in [-0.2, -0.15) is 13.2 Å². The van der Waals surface area contributed by atoms with Crippen molar-refractivity contribution in [2.45, 2.75) is 44.8 Å². The number of rotatable bonds is 6. The molecule has 0 bridgehead atoms. The summed E-state index contributed by atoms with van der Waals surface area (Å²) in [6, 6.07) is 11.9. The van der Waals surface area contributed by atoms with E-state index < -0.39 is 23.7 Å². The molecule has 1 heterocycles. The molecule has 1 atom stereocenters. The van der Waals surface area contributed by atoms with Crippen molar-refractivity contribution in [1.82, 2.24) is 5.32 Å². The summed E-state index contributed by atoms with van der Waals surface area (Å²) < 4.78 is 39.8. The standard InChI is InChI=1S/C23H26F3N3O2/c1-16(30)27-19(17-8-4-2-5-9-17)15-22(31)28-20-14-18(23(24,25)26)10-11-21(20)29-12-6-3-7-13-29/h2,4-5,8-11,14,19H,3,6-7,12-13,15H2,1H3,(H,27,30)(H,28,31)/t19-/m1/s1. The van der Waals surface area contributed by atoms with E-state index in [2.05, 4.69) is 10.6 Å². The van der Waals surface area contributed by atoms with Crippen LogP contribution in [0.5, 0.6) is 0 Å². The molecule has 1 aliphatic rings. The Balaban J connectivity index is 1.84. The first-order valence-corrected chi connectivity index (χ1v) is 10.3. The average Bonchev–Trinajstić information content (AvgIpc) is 2.73. The lowest BCUT2D eigenvalue weighted by Crippen LogP contribution is -2.32. The number of hydrogen-bond acceptors (Lipinski definition) is 3. The SMILES string of the molecule is CC(=O)N[C@H](CC(=O)Nc1cc(C(F)(F)F)ccc1N1CCCCC1)c1ccccc1. The number of benzene rings is 2. The number of halogens is 3. The van der Waals surface area contributed by atoms with Gasteiger partial charge in [0.25, 0.3) is 0 Å². The van der Waals surface area contributed by atoms with Gasteiger partial charge in [0.2, 0.25) is 11.8 Å². The molecule has 0 radical (unpaired) electrons. The fraction of sp³-hybridized carbons (Fsp3) is 0.391. The van der Waals surface area contributed by atoms with Crippen LogP contribution in [0.1, 0.15) is 49.8 Å². The Labute approximate surface area is 179 Å². The van der Waals surface area contributed by atoms with Crippen LogP contribution in [0.3, 0.4) is 0 Å². The van der Waals surface area contributed by atoms with Gasteiger partial charge >= 0.3 is 6.18 Å². The molecule has 1 aliphatic heterocycles. The number of carbonyl (C=O) groups excluding carboxylic acids is 2. The number of nitrogens with zero attached hydrogens (tertiary/aromatic N) is 1. The fourth-order valence-electron chi connectivity index (χ4n) is 3.79. The smallest absolute Gasteiger partial charge is 0.370 e. The van der Waals surface area contributed by atoms with Crippen LogP contribution in [-0.2, 0) is 15.8 Å². The Morgan fingerprint density at radius 2 is 1.71 bits per heavy atom. The summed E-state index contributed by atoms with van der Waals surface area (Å²) in [6.45, 7) is 2.81. The maximum atomic E-state index is 13.3. The number of hydrogen-bond donors (Lipinski definition) is 2. The Morgan fingerprint density at radius 3 is 2.32 bits per heavy atom. The number of anilines is 2. The molecule has 8 heteroatoms. The first kappa shape index (κ1) is 22.7. The van der Waals surface area contributed by atoms with Crippen molar-refractivity contribution in [2.24, 2.45) is 0 Å². The highest BCUT2D eigenvalue weighted by atomic mass is 19.4. The minimum Gasteiger partial charge on any atom is -0.370 e. The monoisotopic (exact) mass is 433 g/mol. The van der Waals surface area contributed by atoms with Gasteiger partial charge in [0, 0.05) is 20.0 Å². The Hall–Kier alpha value is -3.03. The Kier molecular flexibility index (Phi) is 7.20. The second-order valence-electron chi connectivity index (χ2n) is 7.69. The van der Waals surface area contributed by atoms with E-state index in [0.29, 0.717) is 5.69 Å². The third-order valence-electron chi connectivity index (χ3n) is 5.26. The van der Waals surface area contributed by atoms with Crippen molar-refractivity contribution in [1.29, 1.82) is 0 Å². The number of nitrogens with one attached hydrogen (secondary N) is 2. The number of piperidine rings is 1. The van der Waals surface area contributed by atoms with E-state index in [1.807, 2.05) is 11.0 Å². The zero-order valence-electron chi connectivity index (χ0n) is 17.3. The maximum absolute atomic E-state index is 13.3. The van der Waals surface area contributed by atoms with E-state index in [1.165, 1.54) is 13.0 Å². The summed E-state index contributed by atoms with van der Waals surface area (Å²) in [6.07, 6.45) is -1.63. The van der Waals surface area contributed by atoms with E-state index >= 15 is 0 Å². The van der Waals surface area contributed by atoms with E-state index in [0.717, 1.165) is 50.0 Å². The normalized spacial score (nSPS) is 15.3. The van der Waals surface area contributed by atoms with Crippen molar-refractivity contribution in [3.8, 4) is 0 Å². The van der Waals surface area contributed by atoms with Gasteiger partial charge in [-0.05, 0) is 43.0 Å². The zero-order chi connectivity index (χ0) is 22.4. The number of alkyl halides is 3. The average molecular weight is 433 g/mol. The van der Waals surface area contributed by atoms with Crippen molar-refractivity contribution in [2.75, 3.05) is 23.3 Å². The van der Waals surface area contributed by atoms with Gasteiger partial charge in [-0.3, -0.25) is 9.59 Å². The molecule has 31 heavy (non-hydrogen) atoms. The molecule has 0 spiro atoms. The Bertz CT molecular complexity index is 910. The van der Waals surface area contributed by atoms with E-state index in [1.54, 1.807) is 24.3 Å². The molecule has 166 valence electrons. The summed E-state index contributed by atoms with van der Waals surface area (Å²) in [5.41, 5.74) is 0.645. The molecule has 1 fully saturated rings. The Morgan fingerprint density at radius 1 is 1.03 bits per heavy atom. The third-order valence-corrected chi connectivity index (χ3v) is 5.26. The molecule has 1 saturated heterocycles. The second kappa shape index (κ2) is 9.85. The van der Waals surface area contributed by atoms with Crippen LogP contribution >= 0.6 is 0 Å².